The van der Waals surface area contributed by atoms with Crippen molar-refractivity contribution >= 4 is 0 Å². The van der Waals surface area contributed by atoms with Gasteiger partial charge in [0, 0.05) is 38.3 Å². The topological polar surface area (TPSA) is 53.8 Å². The van der Waals surface area contributed by atoms with Crippen LogP contribution in [0.1, 0.15) is 31.2 Å². The van der Waals surface area contributed by atoms with Gasteiger partial charge in [0.2, 0.25) is 0 Å². The van der Waals surface area contributed by atoms with Gasteiger partial charge in [-0.15, -0.1) is 0 Å². The van der Waals surface area contributed by atoms with Gasteiger partial charge in [0.1, 0.15) is 17.8 Å². The summed E-state index contributed by atoms with van der Waals surface area (Å²) < 4.78 is 59.7. The smallest absolute Gasteiger partial charge is 0.435 e. The van der Waals surface area contributed by atoms with Crippen molar-refractivity contribution in [1.29, 1.82) is 0 Å². The zero-order chi connectivity index (χ0) is 22.1. The van der Waals surface area contributed by atoms with E-state index in [0.717, 1.165) is 17.4 Å². The first kappa shape index (κ1) is 22.8. The molecule has 6 nitrogen and oxygen atoms in total. The zero-order valence-electron chi connectivity index (χ0n) is 17.4. The van der Waals surface area contributed by atoms with Gasteiger partial charge < -0.3 is 9.84 Å². The third-order valence-electron chi connectivity index (χ3n) is 5.81. The van der Waals surface area contributed by atoms with Crippen LogP contribution >= 0.6 is 0 Å². The number of aromatic nitrogens is 2. The van der Waals surface area contributed by atoms with Crippen LogP contribution in [0.25, 0.3) is 0 Å². The van der Waals surface area contributed by atoms with E-state index in [1.165, 1.54) is 11.6 Å². The first-order valence-corrected chi connectivity index (χ1v) is 10.0. The first-order valence-electron chi connectivity index (χ1n) is 10.0. The highest BCUT2D eigenvalue weighted by Gasteiger charge is 2.35. The van der Waals surface area contributed by atoms with E-state index in [2.05, 4.69) is 5.10 Å². The lowest BCUT2D eigenvalue weighted by molar-refractivity contribution is -0.141. The fraction of sp³-hybridized carbons (Fsp3) is 0.650. The third kappa shape index (κ3) is 4.87. The summed E-state index contributed by atoms with van der Waals surface area (Å²) in [7, 11) is 1.59. The van der Waals surface area contributed by atoms with E-state index >= 15 is 0 Å². The number of aliphatic hydroxyl groups is 1. The molecule has 168 valence electrons. The lowest BCUT2D eigenvalue weighted by Crippen LogP contribution is -2.54. The molecule has 2 aliphatic rings. The van der Waals surface area contributed by atoms with Gasteiger partial charge in [-0.3, -0.25) is 14.5 Å². The lowest BCUT2D eigenvalue weighted by Gasteiger charge is -2.41. The first-order chi connectivity index (χ1) is 14.1. The Hall–Kier alpha value is -1.91. The number of piperazine rings is 1. The summed E-state index contributed by atoms with van der Waals surface area (Å²) in [5.41, 5.74) is 0.234. The highest BCUT2D eigenvalue weighted by Crippen LogP contribution is 2.31. The fourth-order valence-electron chi connectivity index (χ4n) is 4.02. The quantitative estimate of drug-likeness (QED) is 0.701. The van der Waals surface area contributed by atoms with Crippen LogP contribution in [0, 0.1) is 6.92 Å². The van der Waals surface area contributed by atoms with Crippen molar-refractivity contribution in [2.24, 2.45) is 0 Å². The molecule has 1 aromatic rings. The molecule has 0 radical (unpaired) electrons. The van der Waals surface area contributed by atoms with Crippen LogP contribution in [0.4, 0.5) is 17.6 Å². The standard InChI is InChI=1S/C20H28F4N4O2/c1-4-14-10-15(21)16(11-17(14)30-3)26-5-7-27(8-6-26)19(29)12-28-13(2)9-18(25-28)20(22,23)24/h9-10,16,19,29H,4-8,11-12H2,1-3H3. The molecule has 1 N–H and O–H groups in total. The lowest BCUT2D eigenvalue weighted by atomic mass is 9.96. The van der Waals surface area contributed by atoms with Gasteiger partial charge in [0.05, 0.1) is 19.7 Å². The van der Waals surface area contributed by atoms with E-state index in [4.69, 9.17) is 4.74 Å². The molecule has 1 aliphatic carbocycles. The second-order valence-electron chi connectivity index (χ2n) is 7.66. The number of aliphatic hydroxyl groups excluding tert-OH is 1. The predicted octanol–water partition coefficient (Wildman–Crippen LogP) is 3.08. The molecule has 0 saturated carbocycles. The van der Waals surface area contributed by atoms with Crippen molar-refractivity contribution in [3.05, 3.63) is 40.7 Å². The molecule has 0 spiro atoms. The summed E-state index contributed by atoms with van der Waals surface area (Å²) in [6, 6.07) is 0.575. The molecule has 30 heavy (non-hydrogen) atoms. The zero-order valence-corrected chi connectivity index (χ0v) is 17.4. The Labute approximate surface area is 173 Å². The molecule has 2 atom stereocenters. The maximum atomic E-state index is 14.6. The molecule has 0 amide bonds. The minimum absolute atomic E-state index is 0.0595. The molecule has 1 saturated heterocycles. The van der Waals surface area contributed by atoms with E-state index in [-0.39, 0.29) is 12.4 Å². The summed E-state index contributed by atoms with van der Waals surface area (Å²) in [5, 5.41) is 14.1. The van der Waals surface area contributed by atoms with Crippen LogP contribution in [0.2, 0.25) is 0 Å². The van der Waals surface area contributed by atoms with Crippen molar-refractivity contribution in [1.82, 2.24) is 19.6 Å². The molecule has 1 fully saturated rings. The molecule has 0 bridgehead atoms. The van der Waals surface area contributed by atoms with Crippen LogP contribution in [-0.4, -0.2) is 70.2 Å². The molecule has 2 unspecified atom stereocenters. The van der Waals surface area contributed by atoms with E-state index in [9.17, 15) is 22.7 Å². The minimum Gasteiger partial charge on any atom is -0.501 e. The van der Waals surface area contributed by atoms with E-state index in [1.807, 2.05) is 11.8 Å². The van der Waals surface area contributed by atoms with Crippen LogP contribution < -0.4 is 0 Å². The number of rotatable bonds is 6. The predicted molar refractivity (Wildman–Crippen MR) is 103 cm³/mol. The molecule has 3 rings (SSSR count). The number of alkyl halides is 3. The van der Waals surface area contributed by atoms with Crippen molar-refractivity contribution < 1.29 is 27.4 Å². The SMILES string of the molecule is CCC1=C(OC)CC(N2CCN(C(O)Cn3nc(C(F)(F)F)cc3C)CC2)C(F)=C1. The molecular weight excluding hydrogens is 404 g/mol. The molecule has 1 aliphatic heterocycles. The Morgan fingerprint density at radius 2 is 1.93 bits per heavy atom. The summed E-state index contributed by atoms with van der Waals surface area (Å²) >= 11 is 0. The average molecular weight is 432 g/mol. The number of methoxy groups -OCH3 is 1. The van der Waals surface area contributed by atoms with Gasteiger partial charge in [0.15, 0.2) is 5.69 Å². The second kappa shape index (κ2) is 9.07. The number of aryl methyl sites for hydroxylation is 1. The fourth-order valence-corrected chi connectivity index (χ4v) is 4.02. The van der Waals surface area contributed by atoms with Crippen LogP contribution in [0.15, 0.2) is 29.3 Å². The van der Waals surface area contributed by atoms with E-state index in [0.29, 0.717) is 44.7 Å². The van der Waals surface area contributed by atoms with Crippen molar-refractivity contribution in [2.75, 3.05) is 33.3 Å². The number of hydrogen-bond acceptors (Lipinski definition) is 5. The summed E-state index contributed by atoms with van der Waals surface area (Å²) in [6.07, 6.45) is -2.77. The molecule has 1 aromatic heterocycles. The second-order valence-corrected chi connectivity index (χ2v) is 7.66. The monoisotopic (exact) mass is 432 g/mol. The summed E-state index contributed by atoms with van der Waals surface area (Å²) in [4.78, 5) is 3.79. The van der Waals surface area contributed by atoms with Crippen molar-refractivity contribution in [2.45, 2.75) is 51.7 Å². The van der Waals surface area contributed by atoms with Crippen LogP contribution in [0.3, 0.4) is 0 Å². The average Bonchev–Trinajstić information content (AvgIpc) is 3.08. The van der Waals surface area contributed by atoms with Crippen LogP contribution in [-0.2, 0) is 17.5 Å². The maximum Gasteiger partial charge on any atom is 0.435 e. The minimum atomic E-state index is -4.52. The summed E-state index contributed by atoms with van der Waals surface area (Å²) in [6.45, 7) is 5.44. The number of ether oxygens (including phenoxy) is 1. The molecule has 2 heterocycles. The normalized spacial score (nSPS) is 22.9. The Morgan fingerprint density at radius 3 is 2.47 bits per heavy atom. The highest BCUT2D eigenvalue weighted by molar-refractivity contribution is 5.32. The highest BCUT2D eigenvalue weighted by atomic mass is 19.4. The Kier molecular flexibility index (Phi) is 6.88. The largest absolute Gasteiger partial charge is 0.501 e. The van der Waals surface area contributed by atoms with Crippen LogP contribution in [0.5, 0.6) is 0 Å². The van der Waals surface area contributed by atoms with Gasteiger partial charge >= 0.3 is 6.18 Å². The van der Waals surface area contributed by atoms with E-state index in [1.54, 1.807) is 18.1 Å². The number of hydrogen-bond donors (Lipinski definition) is 1. The molecule has 0 aromatic carbocycles. The number of allylic oxidation sites excluding steroid dienone is 2. The van der Waals surface area contributed by atoms with Crippen molar-refractivity contribution in [3.8, 4) is 0 Å². The molecular formula is C20H28F4N4O2. The van der Waals surface area contributed by atoms with E-state index < -0.39 is 24.1 Å². The Balaban J connectivity index is 1.58. The number of nitrogens with zero attached hydrogens (tertiary/aromatic N) is 4. The third-order valence-corrected chi connectivity index (χ3v) is 5.81. The maximum absolute atomic E-state index is 14.6. The van der Waals surface area contributed by atoms with Gasteiger partial charge in [-0.25, -0.2) is 4.39 Å². The Morgan fingerprint density at radius 1 is 1.27 bits per heavy atom. The van der Waals surface area contributed by atoms with Gasteiger partial charge in [0.25, 0.3) is 0 Å². The van der Waals surface area contributed by atoms with Gasteiger partial charge in [-0.2, -0.15) is 18.3 Å². The Bertz CT molecular complexity index is 810. The number of halogens is 4. The van der Waals surface area contributed by atoms with Gasteiger partial charge in [-0.05, 0) is 31.1 Å². The summed E-state index contributed by atoms with van der Waals surface area (Å²) in [5.74, 6) is 0.606. The molecule has 10 heteroatoms. The van der Waals surface area contributed by atoms with Gasteiger partial charge in [-0.1, -0.05) is 6.92 Å². The van der Waals surface area contributed by atoms with Crippen molar-refractivity contribution in [3.63, 3.8) is 0 Å².